The maximum atomic E-state index is 12.4. The zero-order chi connectivity index (χ0) is 24.7. The summed E-state index contributed by atoms with van der Waals surface area (Å²) in [6, 6.07) is 19.9. The minimum absolute atomic E-state index is 0.0325. The minimum Gasteiger partial charge on any atom is -0.508 e. The van der Waals surface area contributed by atoms with Crippen molar-refractivity contribution in [1.29, 1.82) is 0 Å². The first-order chi connectivity index (χ1) is 16.1. The number of halogens is 1. The van der Waals surface area contributed by atoms with Crippen LogP contribution in [0.5, 0.6) is 11.5 Å². The number of hydrogen-bond acceptors (Lipinski definition) is 5. The number of aliphatic hydroxyl groups is 1. The van der Waals surface area contributed by atoms with Gasteiger partial charge in [0.25, 0.3) is 0 Å². The van der Waals surface area contributed by atoms with Gasteiger partial charge in [-0.3, -0.25) is 4.79 Å². The highest BCUT2D eigenvalue weighted by Gasteiger charge is 2.20. The van der Waals surface area contributed by atoms with Gasteiger partial charge in [-0.1, -0.05) is 52.3 Å². The first-order valence-corrected chi connectivity index (χ1v) is 11.9. The molecule has 7 heteroatoms. The number of hydrogen-bond donors (Lipinski definition) is 5. The van der Waals surface area contributed by atoms with Crippen molar-refractivity contribution in [3.05, 3.63) is 93.5 Å². The molecule has 180 valence electrons. The SMILES string of the molecule is CC(C)(Cc1cccc(CC(=O)NCc2ccc(Br)cc2)c1)NCC(O)c1cc(O)cc(O)c1. The third-order valence-corrected chi connectivity index (χ3v) is 6.02. The smallest absolute Gasteiger partial charge is 0.224 e. The van der Waals surface area contributed by atoms with Crippen LogP contribution in [0.25, 0.3) is 0 Å². The Morgan fingerprint density at radius 1 is 0.941 bits per heavy atom. The van der Waals surface area contributed by atoms with Gasteiger partial charge in [0.1, 0.15) is 11.5 Å². The molecule has 1 atom stereocenters. The lowest BCUT2D eigenvalue weighted by Gasteiger charge is -2.28. The number of phenols is 2. The molecule has 0 saturated heterocycles. The summed E-state index contributed by atoms with van der Waals surface area (Å²) in [5, 5.41) is 36.0. The van der Waals surface area contributed by atoms with Crippen molar-refractivity contribution in [1.82, 2.24) is 10.6 Å². The van der Waals surface area contributed by atoms with Crippen LogP contribution in [0.1, 0.15) is 42.2 Å². The molecule has 1 amide bonds. The molecule has 1 unspecified atom stereocenters. The lowest BCUT2D eigenvalue weighted by Crippen LogP contribution is -2.43. The molecule has 0 aromatic heterocycles. The van der Waals surface area contributed by atoms with Gasteiger partial charge in [0, 0.05) is 29.2 Å². The average Bonchev–Trinajstić information content (AvgIpc) is 2.76. The molecule has 0 fully saturated rings. The molecule has 0 radical (unpaired) electrons. The Hall–Kier alpha value is -2.87. The van der Waals surface area contributed by atoms with Crippen LogP contribution in [-0.4, -0.2) is 33.3 Å². The minimum atomic E-state index is -0.877. The van der Waals surface area contributed by atoms with Crippen molar-refractivity contribution in [3.8, 4) is 11.5 Å². The van der Waals surface area contributed by atoms with Crippen LogP contribution in [-0.2, 0) is 24.2 Å². The van der Waals surface area contributed by atoms with Gasteiger partial charge in [-0.05, 0) is 66.8 Å². The van der Waals surface area contributed by atoms with E-state index in [-0.39, 0.29) is 29.5 Å². The topological polar surface area (TPSA) is 102 Å². The summed E-state index contributed by atoms with van der Waals surface area (Å²) in [4.78, 5) is 12.4. The second kappa shape index (κ2) is 11.5. The summed E-state index contributed by atoms with van der Waals surface area (Å²) in [7, 11) is 0. The molecule has 0 saturated carbocycles. The second-order valence-electron chi connectivity index (χ2n) is 9.14. The van der Waals surface area contributed by atoms with E-state index in [9.17, 15) is 20.1 Å². The van der Waals surface area contributed by atoms with Gasteiger partial charge in [-0.25, -0.2) is 0 Å². The van der Waals surface area contributed by atoms with Crippen LogP contribution < -0.4 is 10.6 Å². The Morgan fingerprint density at radius 3 is 2.26 bits per heavy atom. The maximum Gasteiger partial charge on any atom is 0.224 e. The number of benzene rings is 3. The number of carbonyl (C=O) groups is 1. The Morgan fingerprint density at radius 2 is 1.59 bits per heavy atom. The summed E-state index contributed by atoms with van der Waals surface area (Å²) < 4.78 is 1.00. The lowest BCUT2D eigenvalue weighted by molar-refractivity contribution is -0.120. The van der Waals surface area contributed by atoms with Crippen molar-refractivity contribution in [2.75, 3.05) is 6.54 Å². The number of phenolic OH excluding ortho intramolecular Hbond substituents is 2. The monoisotopic (exact) mass is 526 g/mol. The van der Waals surface area contributed by atoms with Crippen molar-refractivity contribution < 1.29 is 20.1 Å². The Kier molecular flexibility index (Phi) is 8.72. The van der Waals surface area contributed by atoms with E-state index in [1.807, 2.05) is 62.4 Å². The van der Waals surface area contributed by atoms with Crippen LogP contribution in [0.3, 0.4) is 0 Å². The van der Waals surface area contributed by atoms with Crippen molar-refractivity contribution in [2.24, 2.45) is 0 Å². The van der Waals surface area contributed by atoms with Crippen molar-refractivity contribution in [3.63, 3.8) is 0 Å². The van der Waals surface area contributed by atoms with Gasteiger partial charge in [-0.15, -0.1) is 0 Å². The molecule has 5 N–H and O–H groups in total. The maximum absolute atomic E-state index is 12.4. The third kappa shape index (κ3) is 8.17. The molecule has 34 heavy (non-hydrogen) atoms. The fourth-order valence-electron chi connectivity index (χ4n) is 3.77. The predicted octanol–water partition coefficient (Wildman–Crippen LogP) is 4.36. The molecule has 6 nitrogen and oxygen atoms in total. The Bertz CT molecular complexity index is 1100. The number of β-amino-alcohol motifs (C(OH)–C–C–N with tert-alkyl or cyclic N) is 1. The second-order valence-corrected chi connectivity index (χ2v) is 10.1. The fourth-order valence-corrected chi connectivity index (χ4v) is 4.04. The first-order valence-electron chi connectivity index (χ1n) is 11.1. The molecule has 0 aliphatic heterocycles. The zero-order valence-corrected chi connectivity index (χ0v) is 21.0. The van der Waals surface area contributed by atoms with Crippen LogP contribution >= 0.6 is 15.9 Å². The normalized spacial score (nSPS) is 12.4. The molecular formula is C27H31BrN2O4. The van der Waals surface area contributed by atoms with Crippen LogP contribution in [0.2, 0.25) is 0 Å². The van der Waals surface area contributed by atoms with Gasteiger partial charge in [0.2, 0.25) is 5.91 Å². The van der Waals surface area contributed by atoms with Crippen LogP contribution in [0.15, 0.2) is 71.2 Å². The molecule has 3 aromatic carbocycles. The zero-order valence-electron chi connectivity index (χ0n) is 19.4. The first kappa shape index (κ1) is 25.7. The summed E-state index contributed by atoms with van der Waals surface area (Å²) >= 11 is 3.41. The Labute approximate surface area is 208 Å². The molecule has 3 rings (SSSR count). The van der Waals surface area contributed by atoms with Crippen LogP contribution in [0.4, 0.5) is 0 Å². The third-order valence-electron chi connectivity index (χ3n) is 5.49. The van der Waals surface area contributed by atoms with Crippen molar-refractivity contribution in [2.45, 2.75) is 44.9 Å². The molecule has 0 aliphatic rings. The van der Waals surface area contributed by atoms with E-state index in [2.05, 4.69) is 26.6 Å². The number of nitrogens with one attached hydrogen (secondary N) is 2. The molecular weight excluding hydrogens is 496 g/mol. The summed E-state index contributed by atoms with van der Waals surface area (Å²) in [5.74, 6) is -0.216. The van der Waals surface area contributed by atoms with Crippen molar-refractivity contribution >= 4 is 21.8 Å². The number of carbonyl (C=O) groups excluding carboxylic acids is 1. The largest absolute Gasteiger partial charge is 0.508 e. The summed E-state index contributed by atoms with van der Waals surface area (Å²) in [5.41, 5.74) is 3.18. The quantitative estimate of drug-likeness (QED) is 0.270. The van der Waals surface area contributed by atoms with E-state index < -0.39 is 6.10 Å². The van der Waals surface area contributed by atoms with E-state index in [1.54, 1.807) is 0 Å². The van der Waals surface area contributed by atoms with E-state index in [0.29, 0.717) is 24.9 Å². The van der Waals surface area contributed by atoms with Gasteiger partial charge in [0.15, 0.2) is 0 Å². The summed E-state index contributed by atoms with van der Waals surface area (Å²) in [6.45, 7) is 4.82. The molecule has 0 bridgehead atoms. The number of amides is 1. The van der Waals surface area contributed by atoms with Gasteiger partial charge < -0.3 is 26.0 Å². The Balaban J connectivity index is 1.52. The fraction of sp³-hybridized carbons (Fsp3) is 0.296. The molecule has 0 aliphatic carbocycles. The standard InChI is InChI=1S/C27H31BrN2O4/c1-27(2,30-17-25(33)21-12-23(31)14-24(32)13-21)15-20-5-3-4-19(10-20)11-26(34)29-16-18-6-8-22(28)9-7-18/h3-10,12-14,25,30-33H,11,15-17H2,1-2H3,(H,29,34). The van der Waals surface area contributed by atoms with E-state index in [0.717, 1.165) is 21.2 Å². The number of rotatable bonds is 10. The van der Waals surface area contributed by atoms with E-state index in [4.69, 9.17) is 0 Å². The highest BCUT2D eigenvalue weighted by Crippen LogP contribution is 2.25. The number of aliphatic hydroxyl groups excluding tert-OH is 1. The average molecular weight is 527 g/mol. The molecule has 0 heterocycles. The van der Waals surface area contributed by atoms with Crippen LogP contribution in [0, 0.1) is 0 Å². The van der Waals surface area contributed by atoms with Gasteiger partial charge >= 0.3 is 0 Å². The van der Waals surface area contributed by atoms with E-state index in [1.165, 1.54) is 18.2 Å². The molecule has 3 aromatic rings. The molecule has 0 spiro atoms. The number of aromatic hydroxyl groups is 2. The highest BCUT2D eigenvalue weighted by molar-refractivity contribution is 9.10. The van der Waals surface area contributed by atoms with E-state index >= 15 is 0 Å². The highest BCUT2D eigenvalue weighted by atomic mass is 79.9. The summed E-state index contributed by atoms with van der Waals surface area (Å²) in [6.07, 6.45) is 0.120. The van der Waals surface area contributed by atoms with Gasteiger partial charge in [0.05, 0.1) is 12.5 Å². The van der Waals surface area contributed by atoms with Gasteiger partial charge in [-0.2, -0.15) is 0 Å². The lowest BCUT2D eigenvalue weighted by atomic mass is 9.93. The predicted molar refractivity (Wildman–Crippen MR) is 137 cm³/mol.